The Kier molecular flexibility index (Phi) is 7.11. The van der Waals surface area contributed by atoms with E-state index in [1.807, 2.05) is 0 Å². The lowest BCUT2D eigenvalue weighted by Gasteiger charge is -2.17. The fourth-order valence-corrected chi connectivity index (χ4v) is 4.98. The quantitative estimate of drug-likeness (QED) is 0.231. The molecule has 0 unspecified atom stereocenters. The zero-order valence-electron chi connectivity index (χ0n) is 18.5. The molecule has 0 aliphatic carbocycles. The molecule has 4 rings (SSSR count). The van der Waals surface area contributed by atoms with Crippen molar-refractivity contribution in [3.63, 3.8) is 0 Å². The second-order valence-electron chi connectivity index (χ2n) is 7.96. The van der Waals surface area contributed by atoms with Crippen LogP contribution in [-0.2, 0) is 18.9 Å². The summed E-state index contributed by atoms with van der Waals surface area (Å²) in [6, 6.07) is 7.82. The summed E-state index contributed by atoms with van der Waals surface area (Å²) in [5.41, 5.74) is -5.55. The van der Waals surface area contributed by atoms with Crippen LogP contribution < -0.4 is 5.56 Å². The molecule has 0 aliphatic rings. The van der Waals surface area contributed by atoms with Gasteiger partial charge in [-0.25, -0.2) is 8.78 Å². The molecular formula is C25H11ClF8N2OS. The summed E-state index contributed by atoms with van der Waals surface area (Å²) in [4.78, 5) is 12.7. The number of aromatic nitrogens is 1. The van der Waals surface area contributed by atoms with Crippen molar-refractivity contribution in [2.45, 2.75) is 18.9 Å². The molecule has 0 radical (unpaired) electrons. The van der Waals surface area contributed by atoms with Crippen LogP contribution >= 0.6 is 22.9 Å². The molecule has 0 bridgehead atoms. The van der Waals surface area contributed by atoms with Crippen molar-refractivity contribution in [1.82, 2.24) is 4.57 Å². The highest BCUT2D eigenvalue weighted by atomic mass is 35.5. The van der Waals surface area contributed by atoms with Crippen molar-refractivity contribution in [1.29, 1.82) is 5.26 Å². The number of rotatable bonds is 4. The van der Waals surface area contributed by atoms with E-state index in [2.05, 4.69) is 0 Å². The lowest BCUT2D eigenvalue weighted by atomic mass is 10.0. The number of halogens is 9. The number of thiophene rings is 1. The molecule has 0 spiro atoms. The van der Waals surface area contributed by atoms with Crippen molar-refractivity contribution >= 4 is 22.9 Å². The van der Waals surface area contributed by atoms with Gasteiger partial charge < -0.3 is 4.57 Å². The third-order valence-electron chi connectivity index (χ3n) is 5.50. The number of alkyl halides is 6. The predicted octanol–water partition coefficient (Wildman–Crippen LogP) is 8.13. The first-order chi connectivity index (χ1) is 17.7. The van der Waals surface area contributed by atoms with Crippen molar-refractivity contribution in [2.24, 2.45) is 0 Å². The summed E-state index contributed by atoms with van der Waals surface area (Å²) in [6.45, 7) is -0.600. The van der Waals surface area contributed by atoms with Crippen LogP contribution in [0.1, 0.15) is 22.3 Å². The fourth-order valence-electron chi connectivity index (χ4n) is 3.75. The molecule has 3 nitrogen and oxygen atoms in total. The average molecular weight is 575 g/mol. The Bertz CT molecular complexity index is 1650. The lowest BCUT2D eigenvalue weighted by Crippen LogP contribution is -2.28. The Morgan fingerprint density at radius 2 is 1.66 bits per heavy atom. The molecule has 0 saturated heterocycles. The molecule has 0 atom stereocenters. The van der Waals surface area contributed by atoms with Gasteiger partial charge in [-0.15, -0.1) is 11.3 Å². The highest BCUT2D eigenvalue weighted by molar-refractivity contribution is 7.14. The molecule has 0 aliphatic heterocycles. The van der Waals surface area contributed by atoms with Gasteiger partial charge in [0.1, 0.15) is 23.3 Å². The Balaban J connectivity index is 1.87. The Hall–Kier alpha value is -3.69. The monoisotopic (exact) mass is 574 g/mol. The van der Waals surface area contributed by atoms with E-state index in [0.717, 1.165) is 47.9 Å². The summed E-state index contributed by atoms with van der Waals surface area (Å²) < 4.78 is 109. The topological polar surface area (TPSA) is 45.8 Å². The van der Waals surface area contributed by atoms with E-state index < -0.39 is 63.4 Å². The summed E-state index contributed by atoms with van der Waals surface area (Å²) in [6.07, 6.45) is -9.03. The van der Waals surface area contributed by atoms with Crippen molar-refractivity contribution in [2.75, 3.05) is 0 Å². The first kappa shape index (κ1) is 27.3. The van der Waals surface area contributed by atoms with Gasteiger partial charge in [-0.3, -0.25) is 4.79 Å². The maximum absolute atomic E-state index is 14.2. The standard InChI is InChI=1S/C25H11ClF8N2OS/c26-19-5-12(2-4-18(19)24(29,30)31)14-6-21(38-11-14)17-10-36(9-13-1-3-15(27)7-20(13)28)23(37)16(8-35)22(17)25(32,33)34/h1-7,10-11H,9H2. The van der Waals surface area contributed by atoms with Gasteiger partial charge in [0.15, 0.2) is 0 Å². The Morgan fingerprint density at radius 3 is 2.24 bits per heavy atom. The molecule has 0 fully saturated rings. The summed E-state index contributed by atoms with van der Waals surface area (Å²) >= 11 is 6.53. The van der Waals surface area contributed by atoms with Gasteiger partial charge in [-0.1, -0.05) is 23.7 Å². The molecule has 13 heteroatoms. The first-order valence-electron chi connectivity index (χ1n) is 10.4. The second-order valence-corrected chi connectivity index (χ2v) is 9.28. The predicted molar refractivity (Wildman–Crippen MR) is 125 cm³/mol. The zero-order valence-corrected chi connectivity index (χ0v) is 20.1. The minimum absolute atomic E-state index is 0.0758. The van der Waals surface area contributed by atoms with Crippen molar-refractivity contribution in [3.8, 4) is 27.6 Å². The van der Waals surface area contributed by atoms with Crippen molar-refractivity contribution < 1.29 is 35.1 Å². The van der Waals surface area contributed by atoms with E-state index >= 15 is 0 Å². The van der Waals surface area contributed by atoms with Crippen molar-refractivity contribution in [3.05, 3.63) is 103 Å². The minimum Gasteiger partial charge on any atom is -0.309 e. The van der Waals surface area contributed by atoms with E-state index in [1.165, 1.54) is 17.5 Å². The molecule has 4 aromatic rings. The van der Waals surface area contributed by atoms with E-state index in [0.29, 0.717) is 10.6 Å². The minimum atomic E-state index is -5.14. The number of hydrogen-bond donors (Lipinski definition) is 0. The molecule has 2 heterocycles. The van der Waals surface area contributed by atoms with Gasteiger partial charge in [-0.2, -0.15) is 31.6 Å². The Morgan fingerprint density at radius 1 is 0.947 bits per heavy atom. The zero-order chi connectivity index (χ0) is 28.0. The van der Waals surface area contributed by atoms with Crippen LogP contribution in [-0.4, -0.2) is 4.57 Å². The molecular weight excluding hydrogens is 564 g/mol. The highest BCUT2D eigenvalue weighted by Crippen LogP contribution is 2.43. The number of nitrogens with zero attached hydrogens (tertiary/aromatic N) is 2. The summed E-state index contributed by atoms with van der Waals surface area (Å²) in [5.74, 6) is -1.95. The average Bonchev–Trinajstić information content (AvgIpc) is 3.30. The van der Waals surface area contributed by atoms with E-state index in [4.69, 9.17) is 11.6 Å². The SMILES string of the molecule is N#Cc1c(C(F)(F)F)c(-c2cc(-c3ccc(C(F)(F)F)c(Cl)c3)cs2)cn(Cc2ccc(F)cc2F)c1=O. The third kappa shape index (κ3) is 5.30. The van der Waals surface area contributed by atoms with Gasteiger partial charge in [0.05, 0.1) is 22.7 Å². The first-order valence-corrected chi connectivity index (χ1v) is 11.6. The van der Waals surface area contributed by atoms with Gasteiger partial charge in [-0.05, 0) is 40.8 Å². The molecule has 2 aromatic heterocycles. The van der Waals surface area contributed by atoms with Crippen LogP contribution in [0.3, 0.4) is 0 Å². The molecule has 0 amide bonds. The number of nitriles is 1. The molecule has 38 heavy (non-hydrogen) atoms. The van der Waals surface area contributed by atoms with Crippen LogP contribution in [0, 0.1) is 23.0 Å². The van der Waals surface area contributed by atoms with E-state index in [-0.39, 0.29) is 21.6 Å². The van der Waals surface area contributed by atoms with E-state index in [1.54, 1.807) is 0 Å². The maximum atomic E-state index is 14.2. The maximum Gasteiger partial charge on any atom is 0.418 e. The molecule has 196 valence electrons. The number of hydrogen-bond acceptors (Lipinski definition) is 3. The van der Waals surface area contributed by atoms with Crippen LogP contribution in [0.5, 0.6) is 0 Å². The van der Waals surface area contributed by atoms with Crippen LogP contribution in [0.2, 0.25) is 5.02 Å². The van der Waals surface area contributed by atoms with Crippen LogP contribution in [0.15, 0.2) is 58.8 Å². The third-order valence-corrected chi connectivity index (χ3v) is 6.78. The highest BCUT2D eigenvalue weighted by Gasteiger charge is 2.39. The molecule has 2 aromatic carbocycles. The van der Waals surface area contributed by atoms with E-state index in [9.17, 15) is 45.2 Å². The Labute approximate surface area is 217 Å². The van der Waals surface area contributed by atoms with Gasteiger partial charge in [0.25, 0.3) is 5.56 Å². The van der Waals surface area contributed by atoms with Gasteiger partial charge in [0, 0.05) is 28.3 Å². The smallest absolute Gasteiger partial charge is 0.309 e. The summed E-state index contributed by atoms with van der Waals surface area (Å²) in [5, 5.41) is 10.2. The van der Waals surface area contributed by atoms with Gasteiger partial charge in [0.2, 0.25) is 0 Å². The molecule has 0 N–H and O–H groups in total. The second kappa shape index (κ2) is 9.89. The lowest BCUT2D eigenvalue weighted by molar-refractivity contribution is -0.138. The number of benzene rings is 2. The largest absolute Gasteiger partial charge is 0.418 e. The number of pyridine rings is 1. The van der Waals surface area contributed by atoms with Crippen LogP contribution in [0.4, 0.5) is 35.1 Å². The van der Waals surface area contributed by atoms with Crippen LogP contribution in [0.25, 0.3) is 21.6 Å². The normalized spacial score (nSPS) is 12.0. The molecule has 0 saturated carbocycles. The fraction of sp³-hybridized carbons (Fsp3) is 0.120. The summed E-state index contributed by atoms with van der Waals surface area (Å²) in [7, 11) is 0. The van der Waals surface area contributed by atoms with Gasteiger partial charge >= 0.3 is 12.4 Å².